The number of benzene rings is 2. The van der Waals surface area contributed by atoms with E-state index in [1.807, 2.05) is 26.0 Å². The highest BCUT2D eigenvalue weighted by molar-refractivity contribution is 5.76. The van der Waals surface area contributed by atoms with Crippen molar-refractivity contribution in [3.8, 4) is 0 Å². The van der Waals surface area contributed by atoms with Crippen molar-refractivity contribution in [3.05, 3.63) is 88.8 Å². The van der Waals surface area contributed by atoms with E-state index in [0.29, 0.717) is 19.4 Å². The Morgan fingerprint density at radius 3 is 2.11 bits per heavy atom. The van der Waals surface area contributed by atoms with Crippen LogP contribution in [0.1, 0.15) is 46.9 Å². The molecule has 0 bridgehead atoms. The first-order valence-corrected chi connectivity index (χ1v) is 9.43. The van der Waals surface area contributed by atoms with Crippen LogP contribution in [-0.4, -0.2) is 17.6 Å². The highest BCUT2D eigenvalue weighted by Crippen LogP contribution is 2.27. The summed E-state index contributed by atoms with van der Waals surface area (Å²) in [4.78, 5) is 12.3. The van der Waals surface area contributed by atoms with E-state index in [2.05, 4.69) is 59.0 Å². The summed E-state index contributed by atoms with van der Waals surface area (Å²) in [5, 5.41) is 7.00. The Balaban J connectivity index is 1.55. The molecule has 0 spiro atoms. The third kappa shape index (κ3) is 5.07. The number of nitrogens with one attached hydrogen (secondary N) is 1. The fraction of sp³-hybridized carbons (Fsp3) is 0.304. The first-order valence-electron chi connectivity index (χ1n) is 9.43. The van der Waals surface area contributed by atoms with Gasteiger partial charge in [-0.1, -0.05) is 65.8 Å². The van der Waals surface area contributed by atoms with E-state index in [1.54, 1.807) is 0 Å². The predicted molar refractivity (Wildman–Crippen MR) is 107 cm³/mol. The molecule has 1 amide bonds. The summed E-state index contributed by atoms with van der Waals surface area (Å²) in [7, 11) is 0. The van der Waals surface area contributed by atoms with E-state index in [1.165, 1.54) is 11.1 Å². The maximum Gasteiger partial charge on any atom is 0.220 e. The SMILES string of the molecule is Cc1noc(C)c1CCC(=O)NCCC(c1ccccc1)c1ccccc1. The maximum absolute atomic E-state index is 12.3. The lowest BCUT2D eigenvalue weighted by Gasteiger charge is -2.18. The smallest absolute Gasteiger partial charge is 0.220 e. The van der Waals surface area contributed by atoms with Gasteiger partial charge in [0.05, 0.1) is 5.69 Å². The second kappa shape index (κ2) is 9.17. The van der Waals surface area contributed by atoms with Gasteiger partial charge in [-0.3, -0.25) is 4.79 Å². The van der Waals surface area contributed by atoms with E-state index >= 15 is 0 Å². The van der Waals surface area contributed by atoms with Crippen LogP contribution in [0.25, 0.3) is 0 Å². The van der Waals surface area contributed by atoms with Crippen LogP contribution in [0.15, 0.2) is 65.2 Å². The molecule has 0 saturated carbocycles. The van der Waals surface area contributed by atoms with Gasteiger partial charge in [0, 0.05) is 24.4 Å². The lowest BCUT2D eigenvalue weighted by Crippen LogP contribution is -2.26. The Hall–Kier alpha value is -2.88. The van der Waals surface area contributed by atoms with Crippen molar-refractivity contribution >= 4 is 5.91 Å². The molecule has 3 aromatic rings. The molecule has 0 fully saturated rings. The van der Waals surface area contributed by atoms with Crippen LogP contribution in [0.2, 0.25) is 0 Å². The van der Waals surface area contributed by atoms with Crippen molar-refractivity contribution < 1.29 is 9.32 Å². The first kappa shape index (κ1) is 18.9. The molecule has 1 heterocycles. The van der Waals surface area contributed by atoms with Gasteiger partial charge < -0.3 is 9.84 Å². The van der Waals surface area contributed by atoms with Gasteiger partial charge in [-0.2, -0.15) is 0 Å². The molecule has 0 aliphatic carbocycles. The highest BCUT2D eigenvalue weighted by Gasteiger charge is 2.15. The summed E-state index contributed by atoms with van der Waals surface area (Å²) in [6, 6.07) is 20.9. The molecular weight excluding hydrogens is 336 g/mol. The second-order valence-electron chi connectivity index (χ2n) is 6.82. The average molecular weight is 362 g/mol. The van der Waals surface area contributed by atoms with Gasteiger partial charge >= 0.3 is 0 Å². The van der Waals surface area contributed by atoms with Crippen LogP contribution >= 0.6 is 0 Å². The molecule has 0 atom stereocenters. The normalized spacial score (nSPS) is 10.9. The van der Waals surface area contributed by atoms with Crippen LogP contribution in [0.5, 0.6) is 0 Å². The van der Waals surface area contributed by atoms with E-state index in [0.717, 1.165) is 23.4 Å². The molecule has 0 aliphatic heterocycles. The number of nitrogens with zero attached hydrogens (tertiary/aromatic N) is 1. The summed E-state index contributed by atoms with van der Waals surface area (Å²) < 4.78 is 5.16. The van der Waals surface area contributed by atoms with Gasteiger partial charge in [-0.15, -0.1) is 0 Å². The molecule has 1 aromatic heterocycles. The van der Waals surface area contributed by atoms with Crippen molar-refractivity contribution in [1.82, 2.24) is 10.5 Å². The summed E-state index contributed by atoms with van der Waals surface area (Å²) in [5.74, 6) is 1.14. The van der Waals surface area contributed by atoms with Crippen molar-refractivity contribution in [2.75, 3.05) is 6.54 Å². The molecule has 140 valence electrons. The summed E-state index contributed by atoms with van der Waals surface area (Å²) in [5.41, 5.74) is 4.45. The van der Waals surface area contributed by atoms with Gasteiger partial charge in [0.1, 0.15) is 5.76 Å². The standard InChI is InChI=1S/C23H26N2O2/c1-17-21(18(2)27-25-17)13-14-23(26)24-16-15-22(19-9-5-3-6-10-19)20-11-7-4-8-12-20/h3-12,22H,13-16H2,1-2H3,(H,24,26). The number of rotatable bonds is 8. The van der Waals surface area contributed by atoms with E-state index in [-0.39, 0.29) is 11.8 Å². The lowest BCUT2D eigenvalue weighted by atomic mass is 9.88. The zero-order valence-electron chi connectivity index (χ0n) is 15.9. The first-order chi connectivity index (χ1) is 13.1. The minimum absolute atomic E-state index is 0.0647. The van der Waals surface area contributed by atoms with Crippen molar-refractivity contribution in [1.29, 1.82) is 0 Å². The molecule has 3 rings (SSSR count). The van der Waals surface area contributed by atoms with Crippen molar-refractivity contribution in [2.24, 2.45) is 0 Å². The van der Waals surface area contributed by atoms with Crippen LogP contribution in [0.3, 0.4) is 0 Å². The molecule has 2 aromatic carbocycles. The molecule has 4 heteroatoms. The Morgan fingerprint density at radius 2 is 1.59 bits per heavy atom. The third-order valence-electron chi connectivity index (χ3n) is 4.94. The van der Waals surface area contributed by atoms with E-state index in [4.69, 9.17) is 4.52 Å². The largest absolute Gasteiger partial charge is 0.361 e. The Kier molecular flexibility index (Phi) is 6.42. The van der Waals surface area contributed by atoms with Gasteiger partial charge in [0.2, 0.25) is 5.91 Å². The van der Waals surface area contributed by atoms with Gasteiger partial charge in [0.25, 0.3) is 0 Å². The zero-order valence-corrected chi connectivity index (χ0v) is 15.9. The van der Waals surface area contributed by atoms with Crippen LogP contribution in [0, 0.1) is 13.8 Å². The Labute approximate surface area is 160 Å². The number of carbonyl (C=O) groups is 1. The number of aryl methyl sites for hydroxylation is 2. The van der Waals surface area contributed by atoms with Crippen molar-refractivity contribution in [3.63, 3.8) is 0 Å². The fourth-order valence-corrected chi connectivity index (χ4v) is 3.44. The summed E-state index contributed by atoms with van der Waals surface area (Å²) >= 11 is 0. The Bertz CT molecular complexity index is 798. The zero-order chi connectivity index (χ0) is 19.1. The maximum atomic E-state index is 12.3. The monoisotopic (exact) mass is 362 g/mol. The Morgan fingerprint density at radius 1 is 1.00 bits per heavy atom. The molecular formula is C23H26N2O2. The van der Waals surface area contributed by atoms with E-state index < -0.39 is 0 Å². The number of hydrogen-bond donors (Lipinski definition) is 1. The van der Waals surface area contributed by atoms with Crippen molar-refractivity contribution in [2.45, 2.75) is 39.0 Å². The summed E-state index contributed by atoms with van der Waals surface area (Å²) in [6.07, 6.45) is 1.98. The fourth-order valence-electron chi connectivity index (χ4n) is 3.44. The van der Waals surface area contributed by atoms with Gasteiger partial charge in [-0.25, -0.2) is 0 Å². The number of carbonyl (C=O) groups excluding carboxylic acids is 1. The number of hydrogen-bond acceptors (Lipinski definition) is 3. The van der Waals surface area contributed by atoms with Crippen LogP contribution < -0.4 is 5.32 Å². The number of aromatic nitrogens is 1. The molecule has 0 saturated heterocycles. The second-order valence-corrected chi connectivity index (χ2v) is 6.82. The van der Waals surface area contributed by atoms with E-state index in [9.17, 15) is 4.79 Å². The van der Waals surface area contributed by atoms with Gasteiger partial charge in [-0.05, 0) is 37.8 Å². The minimum atomic E-state index is 0.0647. The molecule has 1 N–H and O–H groups in total. The molecule has 4 nitrogen and oxygen atoms in total. The minimum Gasteiger partial charge on any atom is -0.361 e. The van der Waals surface area contributed by atoms with Crippen LogP contribution in [-0.2, 0) is 11.2 Å². The number of amides is 1. The highest BCUT2D eigenvalue weighted by atomic mass is 16.5. The summed E-state index contributed by atoms with van der Waals surface area (Å²) in [6.45, 7) is 4.44. The topological polar surface area (TPSA) is 55.1 Å². The lowest BCUT2D eigenvalue weighted by molar-refractivity contribution is -0.121. The van der Waals surface area contributed by atoms with Gasteiger partial charge in [0.15, 0.2) is 0 Å². The molecule has 27 heavy (non-hydrogen) atoms. The molecule has 0 radical (unpaired) electrons. The molecule has 0 aliphatic rings. The average Bonchev–Trinajstić information content (AvgIpc) is 3.02. The third-order valence-corrected chi connectivity index (χ3v) is 4.94. The predicted octanol–water partition coefficient (Wildman–Crippen LogP) is 4.56. The molecule has 0 unspecified atom stereocenters. The quantitative estimate of drug-likeness (QED) is 0.639. The van der Waals surface area contributed by atoms with Crippen LogP contribution in [0.4, 0.5) is 0 Å².